The fraction of sp³-hybridized carbons (Fsp3) is 0.333. The fourth-order valence-electron chi connectivity index (χ4n) is 0.557. The predicted molar refractivity (Wildman–Crippen MR) is 31.0 cm³/mol. The maximum atomic E-state index is 12.1. The first kappa shape index (κ1) is 5.35. The molecule has 0 atom stereocenters. The van der Waals surface area contributed by atoms with Crippen molar-refractivity contribution in [3.8, 4) is 0 Å². The molecule has 8 heavy (non-hydrogen) atoms. The number of dihydropyridines is 1. The Morgan fingerprint density at radius 2 is 2.38 bits per heavy atom. The first-order chi connectivity index (χ1) is 3.79. The molecule has 0 fully saturated rings. The van der Waals surface area contributed by atoms with Gasteiger partial charge in [-0.1, -0.05) is 11.6 Å². The Balaban J connectivity index is 2.65. The molecule has 0 spiro atoms. The Labute approximate surface area is 47.9 Å². The van der Waals surface area contributed by atoms with Crippen LogP contribution in [0, 0.1) is 0 Å². The van der Waals surface area contributed by atoms with E-state index in [0.717, 1.165) is 5.57 Å². The van der Waals surface area contributed by atoms with Crippen LogP contribution in [-0.2, 0) is 0 Å². The van der Waals surface area contributed by atoms with Crippen LogP contribution in [0.3, 0.4) is 0 Å². The van der Waals surface area contributed by atoms with Gasteiger partial charge >= 0.3 is 0 Å². The second-order valence-electron chi connectivity index (χ2n) is 1.88. The van der Waals surface area contributed by atoms with Crippen molar-refractivity contribution >= 4 is 0 Å². The lowest BCUT2D eigenvalue weighted by molar-refractivity contribution is 0.551. The van der Waals surface area contributed by atoms with E-state index in [-0.39, 0.29) is 5.95 Å². The zero-order valence-corrected chi connectivity index (χ0v) is 4.74. The van der Waals surface area contributed by atoms with Crippen molar-refractivity contribution in [3.63, 3.8) is 0 Å². The molecule has 0 bridgehead atoms. The SMILES string of the molecule is CC1=CC=C(F)NC1. The van der Waals surface area contributed by atoms with E-state index in [4.69, 9.17) is 0 Å². The van der Waals surface area contributed by atoms with Crippen LogP contribution >= 0.6 is 0 Å². The van der Waals surface area contributed by atoms with Gasteiger partial charge in [-0.05, 0) is 13.0 Å². The van der Waals surface area contributed by atoms with Gasteiger partial charge in [-0.25, -0.2) is 0 Å². The summed E-state index contributed by atoms with van der Waals surface area (Å²) in [6.07, 6.45) is 3.20. The third-order valence-corrected chi connectivity index (χ3v) is 1.05. The number of hydrogen-bond acceptors (Lipinski definition) is 1. The van der Waals surface area contributed by atoms with Crippen LogP contribution in [0.4, 0.5) is 4.39 Å². The quantitative estimate of drug-likeness (QED) is 0.467. The zero-order chi connectivity index (χ0) is 5.98. The second kappa shape index (κ2) is 1.99. The van der Waals surface area contributed by atoms with Crippen molar-refractivity contribution in [1.82, 2.24) is 5.32 Å². The summed E-state index contributed by atoms with van der Waals surface area (Å²) >= 11 is 0. The lowest BCUT2D eigenvalue weighted by Gasteiger charge is -2.06. The summed E-state index contributed by atoms with van der Waals surface area (Å²) in [6.45, 7) is 2.60. The molecule has 2 heteroatoms. The van der Waals surface area contributed by atoms with Gasteiger partial charge in [-0.15, -0.1) is 0 Å². The van der Waals surface area contributed by atoms with Gasteiger partial charge in [0.2, 0.25) is 0 Å². The molecule has 0 saturated carbocycles. The Kier molecular flexibility index (Phi) is 1.33. The molecule has 0 aliphatic carbocycles. The monoisotopic (exact) mass is 113 g/mol. The Bertz CT molecular complexity index is 129. The summed E-state index contributed by atoms with van der Waals surface area (Å²) in [5.41, 5.74) is 1.16. The highest BCUT2D eigenvalue weighted by Gasteiger charge is 1.96. The molecule has 0 aromatic heterocycles. The van der Waals surface area contributed by atoms with Gasteiger partial charge in [0.15, 0.2) is 5.95 Å². The number of nitrogens with one attached hydrogen (secondary N) is 1. The highest BCUT2D eigenvalue weighted by molar-refractivity contribution is 5.18. The van der Waals surface area contributed by atoms with Crippen LogP contribution in [0.25, 0.3) is 0 Å². The number of allylic oxidation sites excluding steroid dienone is 2. The van der Waals surface area contributed by atoms with Gasteiger partial charge < -0.3 is 5.32 Å². The van der Waals surface area contributed by atoms with Crippen LogP contribution < -0.4 is 5.32 Å². The molecule has 44 valence electrons. The molecule has 0 saturated heterocycles. The Morgan fingerprint density at radius 1 is 1.62 bits per heavy atom. The van der Waals surface area contributed by atoms with Gasteiger partial charge in [-0.3, -0.25) is 0 Å². The first-order valence-corrected chi connectivity index (χ1v) is 2.56. The predicted octanol–water partition coefficient (Wildman–Crippen LogP) is 1.35. The third kappa shape index (κ3) is 1.09. The fourth-order valence-corrected chi connectivity index (χ4v) is 0.557. The maximum absolute atomic E-state index is 12.1. The third-order valence-electron chi connectivity index (χ3n) is 1.05. The van der Waals surface area contributed by atoms with Gasteiger partial charge in [0.1, 0.15) is 0 Å². The van der Waals surface area contributed by atoms with Crippen LogP contribution in [0.15, 0.2) is 23.7 Å². The van der Waals surface area contributed by atoms with E-state index in [1.54, 1.807) is 6.08 Å². The standard InChI is InChI=1S/C6H8FN/c1-5-2-3-6(7)8-4-5/h2-3,8H,4H2,1H3. The van der Waals surface area contributed by atoms with E-state index in [1.165, 1.54) is 6.08 Å². The maximum Gasteiger partial charge on any atom is 0.187 e. The molecule has 1 aliphatic heterocycles. The highest BCUT2D eigenvalue weighted by atomic mass is 19.1. The van der Waals surface area contributed by atoms with Crippen LogP contribution in [0.5, 0.6) is 0 Å². The molecule has 0 aromatic carbocycles. The average Bonchev–Trinajstić information content (AvgIpc) is 1.77. The van der Waals surface area contributed by atoms with Gasteiger partial charge in [0.05, 0.1) is 0 Å². The number of hydrogen-bond donors (Lipinski definition) is 1. The van der Waals surface area contributed by atoms with E-state index in [2.05, 4.69) is 5.32 Å². The summed E-state index contributed by atoms with van der Waals surface area (Å²) in [6, 6.07) is 0. The summed E-state index contributed by atoms with van der Waals surface area (Å²) in [7, 11) is 0. The summed E-state index contributed by atoms with van der Waals surface area (Å²) in [5.74, 6) is -0.240. The van der Waals surface area contributed by atoms with Crippen molar-refractivity contribution < 1.29 is 4.39 Å². The van der Waals surface area contributed by atoms with Crippen molar-refractivity contribution in [2.75, 3.05) is 6.54 Å². The van der Waals surface area contributed by atoms with Gasteiger partial charge in [0, 0.05) is 6.54 Å². The molecule has 1 nitrogen and oxygen atoms in total. The molecule has 0 radical (unpaired) electrons. The normalized spacial score (nSPS) is 18.8. The lowest BCUT2D eigenvalue weighted by atomic mass is 10.2. The summed E-state index contributed by atoms with van der Waals surface area (Å²) in [5, 5.41) is 2.56. The molecule has 0 aromatic rings. The minimum atomic E-state index is -0.240. The Hall–Kier alpha value is -0.790. The first-order valence-electron chi connectivity index (χ1n) is 2.56. The number of rotatable bonds is 0. The van der Waals surface area contributed by atoms with E-state index in [9.17, 15) is 4.39 Å². The van der Waals surface area contributed by atoms with Crippen LogP contribution in [0.1, 0.15) is 6.92 Å². The number of halogens is 1. The molecular formula is C6H8FN. The molecular weight excluding hydrogens is 105 g/mol. The van der Waals surface area contributed by atoms with Crippen molar-refractivity contribution in [1.29, 1.82) is 0 Å². The lowest BCUT2D eigenvalue weighted by Crippen LogP contribution is -2.15. The van der Waals surface area contributed by atoms with E-state index in [0.29, 0.717) is 6.54 Å². The Morgan fingerprint density at radius 3 is 2.75 bits per heavy atom. The molecule has 1 N–H and O–H groups in total. The smallest absolute Gasteiger partial charge is 0.187 e. The van der Waals surface area contributed by atoms with Crippen LogP contribution in [-0.4, -0.2) is 6.54 Å². The second-order valence-corrected chi connectivity index (χ2v) is 1.88. The highest BCUT2D eigenvalue weighted by Crippen LogP contribution is 2.02. The zero-order valence-electron chi connectivity index (χ0n) is 4.74. The molecule has 1 rings (SSSR count). The largest absolute Gasteiger partial charge is 0.358 e. The van der Waals surface area contributed by atoms with Gasteiger partial charge in [0.25, 0.3) is 0 Å². The van der Waals surface area contributed by atoms with Crippen molar-refractivity contribution in [2.24, 2.45) is 0 Å². The van der Waals surface area contributed by atoms with E-state index in [1.807, 2.05) is 6.92 Å². The van der Waals surface area contributed by atoms with Crippen molar-refractivity contribution in [2.45, 2.75) is 6.92 Å². The van der Waals surface area contributed by atoms with Gasteiger partial charge in [-0.2, -0.15) is 4.39 Å². The van der Waals surface area contributed by atoms with E-state index < -0.39 is 0 Å². The van der Waals surface area contributed by atoms with Crippen LogP contribution in [0.2, 0.25) is 0 Å². The molecule has 0 amide bonds. The van der Waals surface area contributed by atoms with E-state index >= 15 is 0 Å². The summed E-state index contributed by atoms with van der Waals surface area (Å²) < 4.78 is 12.1. The molecule has 0 unspecified atom stereocenters. The average molecular weight is 113 g/mol. The summed E-state index contributed by atoms with van der Waals surface area (Å²) in [4.78, 5) is 0. The topological polar surface area (TPSA) is 12.0 Å². The van der Waals surface area contributed by atoms with Crippen molar-refractivity contribution in [3.05, 3.63) is 23.7 Å². The molecule has 1 aliphatic rings. The minimum absolute atomic E-state index is 0.240. The molecule has 1 heterocycles. The minimum Gasteiger partial charge on any atom is -0.358 e.